The van der Waals surface area contributed by atoms with Crippen molar-refractivity contribution in [3.63, 3.8) is 0 Å². The molecular formula is C14H21NO3. The molecule has 5 unspecified atom stereocenters. The van der Waals surface area contributed by atoms with Crippen LogP contribution in [0.5, 0.6) is 5.75 Å². The molecule has 0 aliphatic carbocycles. The van der Waals surface area contributed by atoms with Crippen molar-refractivity contribution in [1.29, 1.82) is 0 Å². The maximum Gasteiger partial charge on any atom is 0.137 e. The van der Waals surface area contributed by atoms with Gasteiger partial charge in [0.2, 0.25) is 0 Å². The van der Waals surface area contributed by atoms with Crippen molar-refractivity contribution in [2.45, 2.75) is 39.1 Å². The SMILES string of the molecule is COc1cncc(C(O)C2C(C)OC(C)C2C)c1. The van der Waals surface area contributed by atoms with Gasteiger partial charge in [-0.3, -0.25) is 4.98 Å². The molecule has 1 aliphatic rings. The van der Waals surface area contributed by atoms with Gasteiger partial charge < -0.3 is 14.6 Å². The monoisotopic (exact) mass is 251 g/mol. The molecule has 1 aliphatic heterocycles. The Bertz CT molecular complexity index is 410. The highest BCUT2D eigenvalue weighted by Crippen LogP contribution is 2.40. The zero-order valence-corrected chi connectivity index (χ0v) is 11.3. The first kappa shape index (κ1) is 13.3. The fraction of sp³-hybridized carbons (Fsp3) is 0.643. The molecule has 0 bridgehead atoms. The second-order valence-electron chi connectivity index (χ2n) is 5.09. The number of pyridine rings is 1. The molecule has 4 nitrogen and oxygen atoms in total. The molecule has 1 aromatic heterocycles. The van der Waals surface area contributed by atoms with Crippen LogP contribution in [-0.4, -0.2) is 29.4 Å². The molecule has 5 atom stereocenters. The molecule has 18 heavy (non-hydrogen) atoms. The third kappa shape index (κ3) is 2.35. The number of nitrogens with zero attached hydrogens (tertiary/aromatic N) is 1. The van der Waals surface area contributed by atoms with Crippen LogP contribution in [-0.2, 0) is 4.74 Å². The molecule has 0 radical (unpaired) electrons. The van der Waals surface area contributed by atoms with E-state index in [4.69, 9.17) is 9.47 Å². The highest BCUT2D eigenvalue weighted by Gasteiger charge is 2.41. The fourth-order valence-electron chi connectivity index (χ4n) is 2.77. The number of aliphatic hydroxyl groups is 1. The van der Waals surface area contributed by atoms with E-state index >= 15 is 0 Å². The number of ether oxygens (including phenoxy) is 2. The van der Waals surface area contributed by atoms with Gasteiger partial charge in [-0.2, -0.15) is 0 Å². The summed E-state index contributed by atoms with van der Waals surface area (Å²) in [5.41, 5.74) is 0.788. The Morgan fingerprint density at radius 2 is 2.00 bits per heavy atom. The minimum absolute atomic E-state index is 0.0520. The maximum atomic E-state index is 10.5. The van der Waals surface area contributed by atoms with E-state index in [-0.39, 0.29) is 18.1 Å². The third-order valence-electron chi connectivity index (χ3n) is 4.00. The summed E-state index contributed by atoms with van der Waals surface area (Å²) in [4.78, 5) is 4.09. The summed E-state index contributed by atoms with van der Waals surface area (Å²) in [6.07, 6.45) is 2.99. The topological polar surface area (TPSA) is 51.6 Å². The average Bonchev–Trinajstić information content (AvgIpc) is 2.62. The number of aromatic nitrogens is 1. The number of hydrogen-bond acceptors (Lipinski definition) is 4. The molecule has 2 heterocycles. The smallest absolute Gasteiger partial charge is 0.137 e. The van der Waals surface area contributed by atoms with Crippen molar-refractivity contribution in [2.75, 3.05) is 7.11 Å². The normalized spacial score (nSPS) is 33.4. The quantitative estimate of drug-likeness (QED) is 0.894. The first-order valence-electron chi connectivity index (χ1n) is 6.37. The molecule has 0 spiro atoms. The summed E-state index contributed by atoms with van der Waals surface area (Å²) in [5, 5.41) is 10.5. The lowest BCUT2D eigenvalue weighted by molar-refractivity contribution is 0.0229. The van der Waals surface area contributed by atoms with E-state index in [1.54, 1.807) is 19.5 Å². The standard InChI is InChI=1S/C14H21NO3/c1-8-9(2)18-10(3)13(8)14(16)11-5-12(17-4)7-15-6-11/h5-10,13-14,16H,1-4H3. The van der Waals surface area contributed by atoms with E-state index < -0.39 is 6.10 Å². The van der Waals surface area contributed by atoms with E-state index in [0.29, 0.717) is 11.7 Å². The minimum Gasteiger partial charge on any atom is -0.495 e. The van der Waals surface area contributed by atoms with Gasteiger partial charge in [-0.05, 0) is 25.8 Å². The van der Waals surface area contributed by atoms with Crippen molar-refractivity contribution < 1.29 is 14.6 Å². The first-order chi connectivity index (χ1) is 8.54. The van der Waals surface area contributed by atoms with Crippen LogP contribution in [0.4, 0.5) is 0 Å². The molecule has 0 amide bonds. The molecule has 1 saturated heterocycles. The number of rotatable bonds is 3. The van der Waals surface area contributed by atoms with Crippen molar-refractivity contribution in [1.82, 2.24) is 4.98 Å². The van der Waals surface area contributed by atoms with Crippen LogP contribution in [0.15, 0.2) is 18.5 Å². The summed E-state index contributed by atoms with van der Waals surface area (Å²) >= 11 is 0. The molecular weight excluding hydrogens is 230 g/mol. The Morgan fingerprint density at radius 1 is 1.28 bits per heavy atom. The molecule has 2 rings (SSSR count). The highest BCUT2D eigenvalue weighted by atomic mass is 16.5. The Labute approximate surface area is 108 Å². The van der Waals surface area contributed by atoms with Crippen LogP contribution in [0.1, 0.15) is 32.4 Å². The zero-order valence-electron chi connectivity index (χ0n) is 11.3. The average molecular weight is 251 g/mol. The van der Waals surface area contributed by atoms with Gasteiger partial charge in [0.05, 0.1) is 31.6 Å². The first-order valence-corrected chi connectivity index (χ1v) is 6.37. The van der Waals surface area contributed by atoms with Crippen LogP contribution in [0.2, 0.25) is 0 Å². The summed E-state index contributed by atoms with van der Waals surface area (Å²) in [6, 6.07) is 1.83. The summed E-state index contributed by atoms with van der Waals surface area (Å²) in [7, 11) is 1.60. The van der Waals surface area contributed by atoms with Crippen LogP contribution in [0.25, 0.3) is 0 Å². The molecule has 4 heteroatoms. The van der Waals surface area contributed by atoms with E-state index in [2.05, 4.69) is 18.8 Å². The minimum atomic E-state index is -0.567. The van der Waals surface area contributed by atoms with Gasteiger partial charge >= 0.3 is 0 Å². The van der Waals surface area contributed by atoms with Crippen LogP contribution in [0, 0.1) is 11.8 Å². The predicted octanol–water partition coefficient (Wildman–Crippen LogP) is 2.18. The van der Waals surface area contributed by atoms with Crippen molar-refractivity contribution in [3.05, 3.63) is 24.0 Å². The zero-order chi connectivity index (χ0) is 13.3. The van der Waals surface area contributed by atoms with Gasteiger partial charge in [0.25, 0.3) is 0 Å². The largest absolute Gasteiger partial charge is 0.495 e. The molecule has 1 fully saturated rings. The third-order valence-corrected chi connectivity index (χ3v) is 4.00. The van der Waals surface area contributed by atoms with Crippen molar-refractivity contribution in [2.24, 2.45) is 11.8 Å². The lowest BCUT2D eigenvalue weighted by Crippen LogP contribution is -2.25. The number of hydrogen-bond donors (Lipinski definition) is 1. The maximum absolute atomic E-state index is 10.5. The van der Waals surface area contributed by atoms with Gasteiger partial charge in [0.1, 0.15) is 5.75 Å². The van der Waals surface area contributed by atoms with Gasteiger partial charge in [-0.15, -0.1) is 0 Å². The van der Waals surface area contributed by atoms with E-state index in [9.17, 15) is 5.11 Å². The lowest BCUT2D eigenvalue weighted by Gasteiger charge is -2.24. The predicted molar refractivity (Wildman–Crippen MR) is 68.4 cm³/mol. The van der Waals surface area contributed by atoms with Gasteiger partial charge in [-0.25, -0.2) is 0 Å². The Morgan fingerprint density at radius 3 is 2.56 bits per heavy atom. The summed E-state index contributed by atoms with van der Waals surface area (Å²) in [6.45, 7) is 6.19. The van der Waals surface area contributed by atoms with Gasteiger partial charge in [0, 0.05) is 17.7 Å². The summed E-state index contributed by atoms with van der Waals surface area (Å²) < 4.78 is 10.9. The second kappa shape index (κ2) is 5.24. The molecule has 0 saturated carbocycles. The molecule has 1 N–H and O–H groups in total. The van der Waals surface area contributed by atoms with E-state index in [1.807, 2.05) is 13.0 Å². The Kier molecular flexibility index (Phi) is 3.88. The second-order valence-corrected chi connectivity index (χ2v) is 5.09. The number of methoxy groups -OCH3 is 1. The summed E-state index contributed by atoms with van der Waals surface area (Å²) in [5.74, 6) is 1.08. The lowest BCUT2D eigenvalue weighted by atomic mass is 9.82. The molecule has 100 valence electrons. The van der Waals surface area contributed by atoms with Crippen LogP contribution >= 0.6 is 0 Å². The Balaban J connectivity index is 2.22. The Hall–Kier alpha value is -1.13. The molecule has 1 aromatic rings. The van der Waals surface area contributed by atoms with Crippen molar-refractivity contribution in [3.8, 4) is 5.75 Å². The van der Waals surface area contributed by atoms with Crippen LogP contribution < -0.4 is 4.74 Å². The van der Waals surface area contributed by atoms with Gasteiger partial charge in [0.15, 0.2) is 0 Å². The van der Waals surface area contributed by atoms with E-state index in [0.717, 1.165) is 5.56 Å². The number of aliphatic hydroxyl groups excluding tert-OH is 1. The van der Waals surface area contributed by atoms with Crippen molar-refractivity contribution >= 4 is 0 Å². The van der Waals surface area contributed by atoms with Gasteiger partial charge in [-0.1, -0.05) is 6.92 Å². The van der Waals surface area contributed by atoms with E-state index in [1.165, 1.54) is 0 Å². The van der Waals surface area contributed by atoms with Crippen LogP contribution in [0.3, 0.4) is 0 Å². The highest BCUT2D eigenvalue weighted by molar-refractivity contribution is 5.26. The fourth-order valence-corrected chi connectivity index (χ4v) is 2.77. The molecule has 0 aromatic carbocycles.